The van der Waals surface area contributed by atoms with Crippen molar-refractivity contribution < 1.29 is 22.0 Å². The van der Waals surface area contributed by atoms with Crippen LogP contribution < -0.4 is 0 Å². The van der Waals surface area contributed by atoms with Crippen LogP contribution in [0.5, 0.6) is 0 Å². The lowest BCUT2D eigenvalue weighted by Crippen LogP contribution is -2.44. The number of rotatable bonds is 6. The van der Waals surface area contributed by atoms with Crippen LogP contribution in [0.4, 0.5) is 17.6 Å². The number of hydrogen-bond acceptors (Lipinski definition) is 3. The molecular weight excluding hydrogens is 575 g/mol. The first kappa shape index (κ1) is 31.4. The molecule has 1 saturated carbocycles. The highest BCUT2D eigenvalue weighted by atomic mass is 32.1. The summed E-state index contributed by atoms with van der Waals surface area (Å²) in [7, 11) is -2.23. The minimum atomic E-state index is -4.48. The zero-order valence-electron chi connectivity index (χ0n) is 25.8. The van der Waals surface area contributed by atoms with E-state index in [-0.39, 0.29) is 28.0 Å². The summed E-state index contributed by atoms with van der Waals surface area (Å²) in [5.41, 5.74) is 4.44. The van der Waals surface area contributed by atoms with Crippen LogP contribution >= 0.6 is 11.3 Å². The van der Waals surface area contributed by atoms with Gasteiger partial charge in [-0.05, 0) is 94.9 Å². The van der Waals surface area contributed by atoms with Gasteiger partial charge >= 0.3 is 6.18 Å². The van der Waals surface area contributed by atoms with Crippen molar-refractivity contribution in [2.24, 2.45) is 5.41 Å². The number of hydrogen-bond donors (Lipinski definition) is 0. The summed E-state index contributed by atoms with van der Waals surface area (Å²) >= 11 is 1.56. The van der Waals surface area contributed by atoms with Gasteiger partial charge in [0.25, 0.3) is 0 Å². The minimum absolute atomic E-state index is 0.0137. The van der Waals surface area contributed by atoms with Crippen LogP contribution in [0, 0.1) is 5.41 Å². The van der Waals surface area contributed by atoms with Gasteiger partial charge in [0.2, 0.25) is 0 Å². The number of aromatic nitrogens is 1. The van der Waals surface area contributed by atoms with Crippen LogP contribution in [0.15, 0.2) is 41.1 Å². The first-order chi connectivity index (χ1) is 19.5. The molecule has 228 valence electrons. The Labute approximate surface area is 253 Å². The maximum atomic E-state index is 17.1. The summed E-state index contributed by atoms with van der Waals surface area (Å²) in [6, 6.07) is 6.58. The van der Waals surface area contributed by atoms with Crippen LogP contribution in [0.25, 0.3) is 11.1 Å². The van der Waals surface area contributed by atoms with Gasteiger partial charge in [-0.25, -0.2) is 4.39 Å². The Hall–Kier alpha value is -2.03. The van der Waals surface area contributed by atoms with E-state index < -0.39 is 26.2 Å². The van der Waals surface area contributed by atoms with Crippen LogP contribution in [0.2, 0.25) is 18.1 Å². The van der Waals surface area contributed by atoms with Gasteiger partial charge < -0.3 is 4.43 Å². The summed E-state index contributed by atoms with van der Waals surface area (Å²) in [5.74, 6) is 0.125. The Kier molecular flexibility index (Phi) is 8.34. The molecule has 0 bridgehead atoms. The topological polar surface area (TPSA) is 22.1 Å². The third-order valence-corrected chi connectivity index (χ3v) is 14.8. The van der Waals surface area contributed by atoms with Crippen molar-refractivity contribution in [2.45, 2.75) is 116 Å². The third-order valence-electron chi connectivity index (χ3n) is 9.67. The van der Waals surface area contributed by atoms with Crippen molar-refractivity contribution in [3.63, 3.8) is 0 Å². The highest BCUT2D eigenvalue weighted by molar-refractivity contribution is 7.08. The Bertz CT molecular complexity index is 1400. The first-order valence-electron chi connectivity index (χ1n) is 15.1. The maximum absolute atomic E-state index is 17.1. The second kappa shape index (κ2) is 11.2. The van der Waals surface area contributed by atoms with Gasteiger partial charge in [-0.1, -0.05) is 59.6 Å². The Balaban J connectivity index is 1.77. The molecule has 2 aliphatic carbocycles. The standard InChI is InChI=1S/C34H43F4NOSSi/c1-32(2,3)42(6,7)40-26-19-33(4,5)18-25-28(26)27(23-16-17-41-20-23)29(31(39-25)22-10-8-9-11-22)30(35)21-12-14-24(15-13-21)34(36,37)38/h12-17,20,22,26,30H,8-11,18-19H2,1-7H3. The summed E-state index contributed by atoms with van der Waals surface area (Å²) in [6.07, 6.45) is -0.757. The molecule has 2 aliphatic rings. The molecule has 1 fully saturated rings. The van der Waals surface area contributed by atoms with Crippen molar-refractivity contribution in [2.75, 3.05) is 0 Å². The lowest BCUT2D eigenvalue weighted by Gasteiger charge is -2.45. The molecule has 0 saturated heterocycles. The Morgan fingerprint density at radius 2 is 1.67 bits per heavy atom. The lowest BCUT2D eigenvalue weighted by molar-refractivity contribution is -0.137. The van der Waals surface area contributed by atoms with Gasteiger partial charge in [0.1, 0.15) is 0 Å². The maximum Gasteiger partial charge on any atom is 0.416 e. The molecule has 8 heteroatoms. The molecule has 0 radical (unpaired) electrons. The second-order valence-electron chi connectivity index (χ2n) is 14.5. The van der Waals surface area contributed by atoms with Crippen LogP contribution in [-0.2, 0) is 17.0 Å². The highest BCUT2D eigenvalue weighted by Crippen LogP contribution is 2.54. The average Bonchev–Trinajstić information content (AvgIpc) is 3.60. The first-order valence-corrected chi connectivity index (χ1v) is 18.9. The molecule has 42 heavy (non-hydrogen) atoms. The molecule has 0 N–H and O–H groups in total. The zero-order valence-corrected chi connectivity index (χ0v) is 27.6. The number of nitrogens with zero attached hydrogens (tertiary/aromatic N) is 1. The second-order valence-corrected chi connectivity index (χ2v) is 20.1. The van der Waals surface area contributed by atoms with Crippen molar-refractivity contribution in [1.29, 1.82) is 0 Å². The molecule has 2 unspecified atom stereocenters. The molecule has 2 atom stereocenters. The predicted octanol–water partition coefficient (Wildman–Crippen LogP) is 11.6. The van der Waals surface area contributed by atoms with Gasteiger partial charge in [-0.2, -0.15) is 24.5 Å². The SMILES string of the molecule is CC1(C)Cc2nc(C3CCCC3)c(C(F)c3ccc(C(F)(F)F)cc3)c(-c3ccsc3)c2C(O[Si](C)(C)C(C)(C)C)C1. The summed E-state index contributed by atoms with van der Waals surface area (Å²) < 4.78 is 64.3. The van der Waals surface area contributed by atoms with Crippen molar-refractivity contribution in [3.8, 4) is 11.1 Å². The number of alkyl halides is 4. The molecule has 0 spiro atoms. The fourth-order valence-corrected chi connectivity index (χ4v) is 8.33. The van der Waals surface area contributed by atoms with Crippen molar-refractivity contribution in [1.82, 2.24) is 4.98 Å². The van der Waals surface area contributed by atoms with E-state index in [4.69, 9.17) is 9.41 Å². The molecule has 2 aromatic heterocycles. The van der Waals surface area contributed by atoms with Gasteiger partial charge in [-0.15, -0.1) is 0 Å². The molecule has 5 rings (SSSR count). The fraction of sp³-hybridized carbons (Fsp3) is 0.559. The van der Waals surface area contributed by atoms with E-state index in [1.54, 1.807) is 11.3 Å². The fourth-order valence-electron chi connectivity index (χ4n) is 6.42. The van der Waals surface area contributed by atoms with Crippen LogP contribution in [0.1, 0.15) is 119 Å². The number of benzene rings is 1. The van der Waals surface area contributed by atoms with E-state index in [1.165, 1.54) is 12.1 Å². The van der Waals surface area contributed by atoms with Gasteiger partial charge in [0, 0.05) is 22.7 Å². The number of pyridine rings is 1. The highest BCUT2D eigenvalue weighted by Gasteiger charge is 2.45. The largest absolute Gasteiger partial charge is 0.416 e. The van der Waals surface area contributed by atoms with E-state index in [2.05, 4.69) is 53.1 Å². The lowest BCUT2D eigenvalue weighted by atomic mass is 9.71. The predicted molar refractivity (Wildman–Crippen MR) is 166 cm³/mol. The van der Waals surface area contributed by atoms with E-state index in [9.17, 15) is 13.2 Å². The van der Waals surface area contributed by atoms with Gasteiger partial charge in [0.05, 0.1) is 17.4 Å². The molecule has 2 nitrogen and oxygen atoms in total. The van der Waals surface area contributed by atoms with E-state index in [0.29, 0.717) is 5.56 Å². The number of fused-ring (bicyclic) bond motifs is 1. The van der Waals surface area contributed by atoms with Gasteiger partial charge in [0.15, 0.2) is 14.5 Å². The molecular formula is C34H43F4NOSSi. The monoisotopic (exact) mass is 617 g/mol. The summed E-state index contributed by atoms with van der Waals surface area (Å²) in [4.78, 5) is 5.33. The zero-order chi connectivity index (χ0) is 30.7. The van der Waals surface area contributed by atoms with Crippen LogP contribution in [-0.4, -0.2) is 13.3 Å². The summed E-state index contributed by atoms with van der Waals surface area (Å²) in [6.45, 7) is 15.7. The summed E-state index contributed by atoms with van der Waals surface area (Å²) in [5, 5.41) is 4.04. The molecule has 1 aromatic carbocycles. The van der Waals surface area contributed by atoms with Gasteiger partial charge in [-0.3, -0.25) is 4.98 Å². The molecule has 2 heterocycles. The quantitative estimate of drug-likeness (QED) is 0.203. The Morgan fingerprint density at radius 3 is 2.21 bits per heavy atom. The smallest absolute Gasteiger partial charge is 0.410 e. The average molecular weight is 618 g/mol. The number of thiophene rings is 1. The minimum Gasteiger partial charge on any atom is -0.410 e. The molecule has 3 aromatic rings. The van der Waals surface area contributed by atoms with Crippen LogP contribution in [0.3, 0.4) is 0 Å². The third kappa shape index (κ3) is 6.13. The van der Waals surface area contributed by atoms with E-state index >= 15 is 4.39 Å². The van der Waals surface area contributed by atoms with Crippen molar-refractivity contribution in [3.05, 3.63) is 74.7 Å². The Morgan fingerprint density at radius 1 is 1.02 bits per heavy atom. The van der Waals surface area contributed by atoms with E-state index in [1.807, 2.05) is 11.4 Å². The molecule has 0 amide bonds. The molecule has 0 aliphatic heterocycles. The number of halogens is 4. The normalized spacial score (nSPS) is 20.5. The van der Waals surface area contributed by atoms with Crippen molar-refractivity contribution >= 4 is 19.7 Å². The van der Waals surface area contributed by atoms with E-state index in [0.717, 1.165) is 78.7 Å².